The standard InChI is InChI=1S/C14H18N2O3S/c1-3-19-13-6-8-14(9-7-13)20(17,18)16-15-12-5-4-11(2)10-12/h6-10,16H,3-5H2,1-2H3. The van der Waals surface area contributed by atoms with E-state index < -0.39 is 10.0 Å². The lowest BCUT2D eigenvalue weighted by molar-refractivity contribution is 0.340. The van der Waals surface area contributed by atoms with Crippen LogP contribution in [-0.2, 0) is 10.0 Å². The van der Waals surface area contributed by atoms with Crippen molar-refractivity contribution in [3.05, 3.63) is 35.9 Å². The van der Waals surface area contributed by atoms with Crippen LogP contribution in [0, 0.1) is 0 Å². The molecule has 0 unspecified atom stereocenters. The third-order valence-electron chi connectivity index (χ3n) is 2.94. The van der Waals surface area contributed by atoms with Gasteiger partial charge in [0.25, 0.3) is 10.0 Å². The molecular weight excluding hydrogens is 276 g/mol. The second-order valence-corrected chi connectivity index (χ2v) is 6.25. The van der Waals surface area contributed by atoms with E-state index in [4.69, 9.17) is 4.74 Å². The summed E-state index contributed by atoms with van der Waals surface area (Å²) in [4.78, 5) is 2.43. The molecule has 0 fully saturated rings. The van der Waals surface area contributed by atoms with E-state index >= 15 is 0 Å². The molecule has 2 rings (SSSR count). The average Bonchev–Trinajstić information content (AvgIpc) is 2.84. The molecule has 1 aliphatic rings. The molecule has 0 aromatic heterocycles. The molecular formula is C14H18N2O3S. The topological polar surface area (TPSA) is 67.8 Å². The second-order valence-electron chi connectivity index (χ2n) is 4.59. The van der Waals surface area contributed by atoms with Gasteiger partial charge in [0.2, 0.25) is 0 Å². The Morgan fingerprint density at radius 2 is 1.95 bits per heavy atom. The third kappa shape index (κ3) is 3.60. The highest BCUT2D eigenvalue weighted by molar-refractivity contribution is 7.89. The molecule has 0 bridgehead atoms. The molecule has 0 amide bonds. The minimum atomic E-state index is -3.62. The highest BCUT2D eigenvalue weighted by Gasteiger charge is 2.14. The fourth-order valence-corrected chi connectivity index (χ4v) is 2.73. The Morgan fingerprint density at radius 3 is 2.50 bits per heavy atom. The van der Waals surface area contributed by atoms with Gasteiger partial charge in [0, 0.05) is 0 Å². The van der Waals surface area contributed by atoms with Gasteiger partial charge >= 0.3 is 0 Å². The fraction of sp³-hybridized carbons (Fsp3) is 0.357. The maximum atomic E-state index is 12.1. The van der Waals surface area contributed by atoms with Crippen LogP contribution >= 0.6 is 0 Å². The second kappa shape index (κ2) is 6.09. The van der Waals surface area contributed by atoms with Gasteiger partial charge in [-0.05, 0) is 57.0 Å². The molecule has 1 aliphatic carbocycles. The van der Waals surface area contributed by atoms with Gasteiger partial charge < -0.3 is 4.74 Å². The summed E-state index contributed by atoms with van der Waals surface area (Å²) in [5.74, 6) is 0.645. The molecule has 0 heterocycles. The van der Waals surface area contributed by atoms with Crippen molar-refractivity contribution >= 4 is 15.7 Å². The van der Waals surface area contributed by atoms with Crippen molar-refractivity contribution in [2.24, 2.45) is 5.10 Å². The lowest BCUT2D eigenvalue weighted by Gasteiger charge is -2.06. The zero-order valence-electron chi connectivity index (χ0n) is 11.6. The monoisotopic (exact) mass is 294 g/mol. The lowest BCUT2D eigenvalue weighted by Crippen LogP contribution is -2.19. The van der Waals surface area contributed by atoms with Gasteiger partial charge in [0.05, 0.1) is 17.2 Å². The zero-order valence-corrected chi connectivity index (χ0v) is 12.4. The van der Waals surface area contributed by atoms with Crippen LogP contribution in [0.3, 0.4) is 0 Å². The number of nitrogens with one attached hydrogen (secondary N) is 1. The Hall–Kier alpha value is -1.82. The van der Waals surface area contributed by atoms with Crippen molar-refractivity contribution in [1.29, 1.82) is 0 Å². The minimum Gasteiger partial charge on any atom is -0.494 e. The summed E-state index contributed by atoms with van der Waals surface area (Å²) < 4.78 is 29.4. The first kappa shape index (κ1) is 14.6. The van der Waals surface area contributed by atoms with Crippen LogP contribution < -0.4 is 9.57 Å². The first-order chi connectivity index (χ1) is 9.51. The van der Waals surface area contributed by atoms with E-state index in [-0.39, 0.29) is 4.90 Å². The summed E-state index contributed by atoms with van der Waals surface area (Å²) in [7, 11) is -3.62. The number of rotatable bonds is 5. The predicted octanol–water partition coefficient (Wildman–Crippen LogP) is 2.46. The number of nitrogens with zero attached hydrogens (tertiary/aromatic N) is 1. The van der Waals surface area contributed by atoms with E-state index in [1.165, 1.54) is 17.7 Å². The number of benzene rings is 1. The van der Waals surface area contributed by atoms with Crippen LogP contribution in [0.25, 0.3) is 0 Å². The van der Waals surface area contributed by atoms with Gasteiger partial charge in [0.15, 0.2) is 0 Å². The van der Waals surface area contributed by atoms with Gasteiger partial charge in [-0.2, -0.15) is 18.4 Å². The third-order valence-corrected chi connectivity index (χ3v) is 4.17. The average molecular weight is 294 g/mol. The minimum absolute atomic E-state index is 0.170. The number of hydrogen-bond acceptors (Lipinski definition) is 4. The first-order valence-corrected chi connectivity index (χ1v) is 7.98. The van der Waals surface area contributed by atoms with E-state index in [0.29, 0.717) is 12.4 Å². The van der Waals surface area contributed by atoms with E-state index in [9.17, 15) is 8.42 Å². The van der Waals surface area contributed by atoms with Crippen molar-refractivity contribution in [2.75, 3.05) is 6.61 Å². The Kier molecular flexibility index (Phi) is 4.44. The summed E-state index contributed by atoms with van der Waals surface area (Å²) in [6.07, 6.45) is 3.61. The van der Waals surface area contributed by atoms with Gasteiger partial charge in [-0.25, -0.2) is 0 Å². The van der Waals surface area contributed by atoms with Crippen LogP contribution in [0.5, 0.6) is 5.75 Å². The summed E-state index contributed by atoms with van der Waals surface area (Å²) in [6.45, 7) is 4.42. The van der Waals surface area contributed by atoms with Crippen molar-refractivity contribution < 1.29 is 13.2 Å². The van der Waals surface area contributed by atoms with Gasteiger partial charge in [-0.3, -0.25) is 0 Å². The Morgan fingerprint density at radius 1 is 1.25 bits per heavy atom. The molecule has 0 spiro atoms. The number of hydrogen-bond donors (Lipinski definition) is 1. The molecule has 20 heavy (non-hydrogen) atoms. The Balaban J connectivity index is 2.10. The van der Waals surface area contributed by atoms with Crippen molar-refractivity contribution in [1.82, 2.24) is 4.83 Å². The smallest absolute Gasteiger partial charge is 0.276 e. The summed E-state index contributed by atoms with van der Waals surface area (Å²) in [5, 5.41) is 3.95. The van der Waals surface area contributed by atoms with Gasteiger partial charge in [0.1, 0.15) is 5.75 Å². The molecule has 108 valence electrons. The van der Waals surface area contributed by atoms with E-state index in [0.717, 1.165) is 18.6 Å². The molecule has 1 aromatic rings. The maximum absolute atomic E-state index is 12.1. The van der Waals surface area contributed by atoms with Crippen molar-refractivity contribution in [3.8, 4) is 5.75 Å². The molecule has 5 nitrogen and oxygen atoms in total. The van der Waals surface area contributed by atoms with E-state index in [1.807, 2.05) is 19.9 Å². The quantitative estimate of drug-likeness (QED) is 0.848. The normalized spacial score (nSPS) is 17.1. The number of allylic oxidation sites excluding steroid dienone is 2. The molecule has 0 saturated carbocycles. The van der Waals surface area contributed by atoms with Crippen LogP contribution in [0.15, 0.2) is 45.9 Å². The largest absolute Gasteiger partial charge is 0.494 e. The van der Waals surface area contributed by atoms with Gasteiger partial charge in [-0.1, -0.05) is 5.57 Å². The van der Waals surface area contributed by atoms with Crippen LogP contribution in [0.2, 0.25) is 0 Å². The molecule has 6 heteroatoms. The maximum Gasteiger partial charge on any atom is 0.276 e. The number of ether oxygens (including phenoxy) is 1. The van der Waals surface area contributed by atoms with E-state index in [2.05, 4.69) is 9.93 Å². The molecule has 1 N–H and O–H groups in total. The summed E-state index contributed by atoms with van der Waals surface area (Å²) >= 11 is 0. The van der Waals surface area contributed by atoms with Crippen LogP contribution in [0.1, 0.15) is 26.7 Å². The highest BCUT2D eigenvalue weighted by atomic mass is 32.2. The molecule has 0 aliphatic heterocycles. The van der Waals surface area contributed by atoms with Crippen molar-refractivity contribution in [3.63, 3.8) is 0 Å². The van der Waals surface area contributed by atoms with E-state index in [1.54, 1.807) is 12.1 Å². The van der Waals surface area contributed by atoms with Crippen LogP contribution in [0.4, 0.5) is 0 Å². The number of hydrazone groups is 1. The van der Waals surface area contributed by atoms with Gasteiger partial charge in [-0.15, -0.1) is 0 Å². The molecule has 1 aromatic carbocycles. The molecule has 0 saturated heterocycles. The highest BCUT2D eigenvalue weighted by Crippen LogP contribution is 2.17. The summed E-state index contributed by atoms with van der Waals surface area (Å²) in [5.41, 5.74) is 1.97. The predicted molar refractivity (Wildman–Crippen MR) is 78.4 cm³/mol. The molecule has 0 atom stereocenters. The zero-order chi connectivity index (χ0) is 14.6. The Labute approximate surface area is 119 Å². The van der Waals surface area contributed by atoms with Crippen LogP contribution in [-0.4, -0.2) is 20.7 Å². The number of sulfonamides is 1. The lowest BCUT2D eigenvalue weighted by atomic mass is 10.3. The fourth-order valence-electron chi connectivity index (χ4n) is 1.90. The molecule has 0 radical (unpaired) electrons. The first-order valence-electron chi connectivity index (χ1n) is 6.49. The SMILES string of the molecule is CCOc1ccc(S(=O)(=O)NN=C2C=C(C)CC2)cc1. The summed E-state index contributed by atoms with van der Waals surface area (Å²) in [6, 6.07) is 6.27. The Bertz CT molecular complexity index is 631. The van der Waals surface area contributed by atoms with Crippen molar-refractivity contribution in [2.45, 2.75) is 31.6 Å².